The number of nitrogens with one attached hydrogen (secondary N) is 1. The minimum atomic E-state index is 0.521. The van der Waals surface area contributed by atoms with Crippen LogP contribution >= 0.6 is 0 Å². The van der Waals surface area contributed by atoms with Gasteiger partial charge < -0.3 is 5.32 Å². The molecule has 1 aromatic carbocycles. The predicted octanol–water partition coefficient (Wildman–Crippen LogP) is 2.59. The molecular weight excluding hydrogens is 210 g/mol. The molecule has 0 aliphatic heterocycles. The first-order valence-corrected chi connectivity index (χ1v) is 5.96. The third-order valence-electron chi connectivity index (χ3n) is 2.71. The van der Waals surface area contributed by atoms with E-state index in [2.05, 4.69) is 48.5 Å². The van der Waals surface area contributed by atoms with E-state index in [1.807, 2.05) is 24.1 Å². The van der Waals surface area contributed by atoms with Gasteiger partial charge in [-0.15, -0.1) is 0 Å². The Morgan fingerprint density at radius 3 is 2.41 bits per heavy atom. The van der Waals surface area contributed by atoms with Crippen molar-refractivity contribution in [3.05, 3.63) is 42.2 Å². The Bertz CT molecular complexity index is 468. The highest BCUT2D eigenvalue weighted by atomic mass is 15.2. The van der Waals surface area contributed by atoms with Crippen LogP contribution in [0.3, 0.4) is 0 Å². The van der Waals surface area contributed by atoms with Gasteiger partial charge in [-0.3, -0.25) is 4.68 Å². The molecule has 0 spiro atoms. The molecule has 90 valence electrons. The number of rotatable bonds is 4. The first kappa shape index (κ1) is 11.9. The summed E-state index contributed by atoms with van der Waals surface area (Å²) in [5.74, 6) is 0. The molecule has 0 radical (unpaired) electrons. The molecule has 0 amide bonds. The van der Waals surface area contributed by atoms with Crippen molar-refractivity contribution in [3.8, 4) is 11.1 Å². The molecule has 0 aliphatic rings. The van der Waals surface area contributed by atoms with Crippen LogP contribution in [0.2, 0.25) is 0 Å². The summed E-state index contributed by atoms with van der Waals surface area (Å²) in [7, 11) is 1.93. The molecule has 0 unspecified atom stereocenters. The number of benzene rings is 1. The van der Waals surface area contributed by atoms with Gasteiger partial charge in [0.2, 0.25) is 0 Å². The SMILES string of the molecule is CC(C)NCc1ccc(-c2cnn(C)c2)cc1. The van der Waals surface area contributed by atoms with E-state index in [1.54, 1.807) is 0 Å². The van der Waals surface area contributed by atoms with Crippen molar-refractivity contribution < 1.29 is 0 Å². The predicted molar refractivity (Wildman–Crippen MR) is 70.6 cm³/mol. The molecule has 3 nitrogen and oxygen atoms in total. The van der Waals surface area contributed by atoms with Gasteiger partial charge in [0.25, 0.3) is 0 Å². The van der Waals surface area contributed by atoms with Crippen molar-refractivity contribution in [2.24, 2.45) is 7.05 Å². The van der Waals surface area contributed by atoms with Crippen LogP contribution < -0.4 is 5.32 Å². The van der Waals surface area contributed by atoms with Crippen LogP contribution in [-0.4, -0.2) is 15.8 Å². The van der Waals surface area contributed by atoms with Gasteiger partial charge in [-0.25, -0.2) is 0 Å². The fourth-order valence-electron chi connectivity index (χ4n) is 1.71. The molecule has 0 atom stereocenters. The van der Waals surface area contributed by atoms with Gasteiger partial charge >= 0.3 is 0 Å². The molecule has 0 bridgehead atoms. The molecule has 2 rings (SSSR count). The van der Waals surface area contributed by atoms with Gasteiger partial charge in [-0.1, -0.05) is 38.1 Å². The summed E-state index contributed by atoms with van der Waals surface area (Å²) in [6, 6.07) is 9.14. The number of hydrogen-bond donors (Lipinski definition) is 1. The largest absolute Gasteiger partial charge is 0.310 e. The van der Waals surface area contributed by atoms with E-state index >= 15 is 0 Å². The molecule has 1 heterocycles. The summed E-state index contributed by atoms with van der Waals surface area (Å²) in [6.07, 6.45) is 3.92. The maximum atomic E-state index is 4.18. The Hall–Kier alpha value is -1.61. The Morgan fingerprint density at radius 2 is 1.88 bits per heavy atom. The van der Waals surface area contributed by atoms with Gasteiger partial charge in [0.15, 0.2) is 0 Å². The van der Waals surface area contributed by atoms with E-state index in [1.165, 1.54) is 11.1 Å². The molecule has 0 fully saturated rings. The number of aromatic nitrogens is 2. The van der Waals surface area contributed by atoms with Crippen molar-refractivity contribution in [3.63, 3.8) is 0 Å². The second-order valence-corrected chi connectivity index (χ2v) is 4.64. The molecule has 0 aliphatic carbocycles. The molecule has 1 aromatic heterocycles. The van der Waals surface area contributed by atoms with E-state index in [0.29, 0.717) is 6.04 Å². The fourth-order valence-corrected chi connectivity index (χ4v) is 1.71. The Kier molecular flexibility index (Phi) is 3.59. The van der Waals surface area contributed by atoms with E-state index < -0.39 is 0 Å². The third kappa shape index (κ3) is 3.17. The van der Waals surface area contributed by atoms with Crippen molar-refractivity contribution >= 4 is 0 Å². The van der Waals surface area contributed by atoms with Crippen LogP contribution in [0.4, 0.5) is 0 Å². The zero-order valence-electron chi connectivity index (χ0n) is 10.6. The highest BCUT2D eigenvalue weighted by Gasteiger charge is 2.00. The van der Waals surface area contributed by atoms with Crippen LogP contribution in [0.1, 0.15) is 19.4 Å². The lowest BCUT2D eigenvalue weighted by Gasteiger charge is -2.08. The first-order valence-electron chi connectivity index (χ1n) is 5.96. The molecular formula is C14H19N3. The minimum absolute atomic E-state index is 0.521. The highest BCUT2D eigenvalue weighted by Crippen LogP contribution is 2.18. The molecule has 2 aromatic rings. The standard InChI is InChI=1S/C14H19N3/c1-11(2)15-8-12-4-6-13(7-5-12)14-9-16-17(3)10-14/h4-7,9-11,15H,8H2,1-3H3. The summed E-state index contributed by atoms with van der Waals surface area (Å²) in [6.45, 7) is 5.24. The molecule has 1 N–H and O–H groups in total. The lowest BCUT2D eigenvalue weighted by Crippen LogP contribution is -2.21. The lowest BCUT2D eigenvalue weighted by molar-refractivity contribution is 0.589. The van der Waals surface area contributed by atoms with Crippen molar-refractivity contribution in [1.82, 2.24) is 15.1 Å². The normalized spacial score (nSPS) is 11.1. The van der Waals surface area contributed by atoms with Crippen LogP contribution in [0, 0.1) is 0 Å². The first-order chi connectivity index (χ1) is 8.15. The average molecular weight is 229 g/mol. The van der Waals surface area contributed by atoms with Gasteiger partial charge in [-0.05, 0) is 11.1 Å². The second kappa shape index (κ2) is 5.15. The molecule has 3 heteroatoms. The quantitative estimate of drug-likeness (QED) is 0.873. The smallest absolute Gasteiger partial charge is 0.0568 e. The monoisotopic (exact) mass is 229 g/mol. The highest BCUT2D eigenvalue weighted by molar-refractivity contribution is 5.61. The van der Waals surface area contributed by atoms with Crippen molar-refractivity contribution in [1.29, 1.82) is 0 Å². The molecule has 0 saturated carbocycles. The summed E-state index contributed by atoms with van der Waals surface area (Å²) >= 11 is 0. The summed E-state index contributed by atoms with van der Waals surface area (Å²) < 4.78 is 1.82. The number of hydrogen-bond acceptors (Lipinski definition) is 2. The van der Waals surface area contributed by atoms with Gasteiger partial charge in [0.1, 0.15) is 0 Å². The zero-order valence-corrected chi connectivity index (χ0v) is 10.6. The van der Waals surface area contributed by atoms with Crippen LogP contribution in [0.25, 0.3) is 11.1 Å². The van der Waals surface area contributed by atoms with Crippen LogP contribution in [0.15, 0.2) is 36.7 Å². The maximum absolute atomic E-state index is 4.18. The Morgan fingerprint density at radius 1 is 1.18 bits per heavy atom. The number of aryl methyl sites for hydroxylation is 1. The fraction of sp³-hybridized carbons (Fsp3) is 0.357. The molecule has 17 heavy (non-hydrogen) atoms. The summed E-state index contributed by atoms with van der Waals surface area (Å²) in [5.41, 5.74) is 3.69. The summed E-state index contributed by atoms with van der Waals surface area (Å²) in [5, 5.41) is 7.59. The summed E-state index contributed by atoms with van der Waals surface area (Å²) in [4.78, 5) is 0. The topological polar surface area (TPSA) is 29.9 Å². The van der Waals surface area contributed by atoms with Gasteiger partial charge in [0.05, 0.1) is 6.20 Å². The van der Waals surface area contributed by atoms with Crippen LogP contribution in [-0.2, 0) is 13.6 Å². The van der Waals surface area contributed by atoms with E-state index in [-0.39, 0.29) is 0 Å². The molecule has 0 saturated heterocycles. The minimum Gasteiger partial charge on any atom is -0.310 e. The van der Waals surface area contributed by atoms with E-state index in [9.17, 15) is 0 Å². The average Bonchev–Trinajstić information content (AvgIpc) is 2.74. The van der Waals surface area contributed by atoms with Gasteiger partial charge in [-0.2, -0.15) is 5.10 Å². The van der Waals surface area contributed by atoms with Crippen LogP contribution in [0.5, 0.6) is 0 Å². The maximum Gasteiger partial charge on any atom is 0.0568 e. The Balaban J connectivity index is 2.07. The number of nitrogens with zero attached hydrogens (tertiary/aromatic N) is 2. The van der Waals surface area contributed by atoms with E-state index in [0.717, 1.165) is 12.1 Å². The lowest BCUT2D eigenvalue weighted by atomic mass is 10.1. The van der Waals surface area contributed by atoms with Crippen molar-refractivity contribution in [2.75, 3.05) is 0 Å². The third-order valence-corrected chi connectivity index (χ3v) is 2.71. The van der Waals surface area contributed by atoms with Crippen molar-refractivity contribution in [2.45, 2.75) is 26.4 Å². The van der Waals surface area contributed by atoms with E-state index in [4.69, 9.17) is 0 Å². The Labute approximate surface area is 102 Å². The zero-order chi connectivity index (χ0) is 12.3. The van der Waals surface area contributed by atoms with Gasteiger partial charge in [0, 0.05) is 31.4 Å². The second-order valence-electron chi connectivity index (χ2n) is 4.64.